The minimum Gasteiger partial charge on any atom is -0.295 e. The Bertz CT molecular complexity index is 310. The van der Waals surface area contributed by atoms with Crippen LogP contribution >= 0.6 is 11.3 Å². The summed E-state index contributed by atoms with van der Waals surface area (Å²) in [5.41, 5.74) is 0. The van der Waals surface area contributed by atoms with Gasteiger partial charge in [0.15, 0.2) is 5.78 Å². The first kappa shape index (κ1) is 10.2. The highest BCUT2D eigenvalue weighted by molar-refractivity contribution is 7.12. The molecule has 0 fully saturated rings. The molecule has 2 heteroatoms. The number of hydrogen-bond acceptors (Lipinski definition) is 2. The van der Waals surface area contributed by atoms with Crippen molar-refractivity contribution in [2.75, 3.05) is 0 Å². The number of rotatable bonds is 4. The number of hydrogen-bond donors (Lipinski definition) is 0. The summed E-state index contributed by atoms with van der Waals surface area (Å²) in [5.74, 6) is 0.102. The standard InChI is InChI=1S/C11H14OS/c1-3-4-10-7-8-11(13-10)6-5-9(2)12/h5-8H,3-4H2,1-2H3/b6-5+. The Kier molecular flexibility index (Phi) is 3.90. The number of ketones is 1. The molecule has 0 unspecified atom stereocenters. The molecule has 70 valence electrons. The van der Waals surface area contributed by atoms with E-state index < -0.39 is 0 Å². The molecule has 0 aromatic carbocycles. The average Bonchev–Trinajstić information content (AvgIpc) is 2.50. The minimum atomic E-state index is 0.102. The lowest BCUT2D eigenvalue weighted by atomic mass is 10.3. The van der Waals surface area contributed by atoms with Gasteiger partial charge in [-0.2, -0.15) is 0 Å². The van der Waals surface area contributed by atoms with Crippen LogP contribution in [0.4, 0.5) is 0 Å². The fourth-order valence-electron chi connectivity index (χ4n) is 1.06. The van der Waals surface area contributed by atoms with Gasteiger partial charge in [-0.1, -0.05) is 13.3 Å². The third-order valence-electron chi connectivity index (χ3n) is 1.66. The maximum Gasteiger partial charge on any atom is 0.152 e. The Morgan fingerprint density at radius 2 is 2.31 bits per heavy atom. The molecule has 0 bridgehead atoms. The van der Waals surface area contributed by atoms with Gasteiger partial charge in [0.2, 0.25) is 0 Å². The van der Waals surface area contributed by atoms with Crippen LogP contribution < -0.4 is 0 Å². The first-order valence-electron chi connectivity index (χ1n) is 4.49. The lowest BCUT2D eigenvalue weighted by Gasteiger charge is -1.87. The maximum absolute atomic E-state index is 10.7. The van der Waals surface area contributed by atoms with Crippen molar-refractivity contribution in [1.29, 1.82) is 0 Å². The van der Waals surface area contributed by atoms with Crippen LogP contribution in [0.2, 0.25) is 0 Å². The second-order valence-corrected chi connectivity index (χ2v) is 4.20. The molecule has 0 N–H and O–H groups in total. The normalized spacial score (nSPS) is 10.9. The highest BCUT2D eigenvalue weighted by atomic mass is 32.1. The Balaban J connectivity index is 2.63. The van der Waals surface area contributed by atoms with E-state index in [1.54, 1.807) is 24.3 Å². The molecule has 0 saturated heterocycles. The Labute approximate surface area is 83.1 Å². The van der Waals surface area contributed by atoms with Crippen LogP contribution in [0.5, 0.6) is 0 Å². The van der Waals surface area contributed by atoms with Crippen molar-refractivity contribution in [2.45, 2.75) is 26.7 Å². The molecule has 0 radical (unpaired) electrons. The van der Waals surface area contributed by atoms with Crippen molar-refractivity contribution >= 4 is 23.2 Å². The zero-order valence-electron chi connectivity index (χ0n) is 8.04. The van der Waals surface area contributed by atoms with E-state index in [-0.39, 0.29) is 5.78 Å². The van der Waals surface area contributed by atoms with E-state index in [1.165, 1.54) is 16.2 Å². The molecule has 0 saturated carbocycles. The van der Waals surface area contributed by atoms with Crippen molar-refractivity contribution in [1.82, 2.24) is 0 Å². The van der Waals surface area contributed by atoms with Gasteiger partial charge in [0.1, 0.15) is 0 Å². The first-order valence-corrected chi connectivity index (χ1v) is 5.31. The molecule has 0 aliphatic carbocycles. The Morgan fingerprint density at radius 3 is 2.92 bits per heavy atom. The molecular weight excluding hydrogens is 180 g/mol. The fraction of sp³-hybridized carbons (Fsp3) is 0.364. The lowest BCUT2D eigenvalue weighted by molar-refractivity contribution is -0.112. The Hall–Kier alpha value is -0.890. The summed E-state index contributed by atoms with van der Waals surface area (Å²) in [4.78, 5) is 13.2. The first-order chi connectivity index (χ1) is 6.22. The predicted molar refractivity (Wildman–Crippen MR) is 58.0 cm³/mol. The second-order valence-electron chi connectivity index (χ2n) is 3.00. The molecular formula is C11H14OS. The third-order valence-corrected chi connectivity index (χ3v) is 2.77. The summed E-state index contributed by atoms with van der Waals surface area (Å²) in [6, 6.07) is 4.20. The summed E-state index contributed by atoms with van der Waals surface area (Å²) in [7, 11) is 0. The summed E-state index contributed by atoms with van der Waals surface area (Å²) < 4.78 is 0. The molecule has 0 amide bonds. The van der Waals surface area contributed by atoms with Gasteiger partial charge in [-0.3, -0.25) is 4.79 Å². The van der Waals surface area contributed by atoms with Crippen LogP contribution in [0.1, 0.15) is 30.0 Å². The van der Waals surface area contributed by atoms with Gasteiger partial charge in [-0.25, -0.2) is 0 Å². The minimum absolute atomic E-state index is 0.102. The highest BCUT2D eigenvalue weighted by Crippen LogP contribution is 2.19. The van der Waals surface area contributed by atoms with Crippen LogP contribution in [0.25, 0.3) is 6.08 Å². The zero-order chi connectivity index (χ0) is 9.68. The molecule has 0 aliphatic heterocycles. The van der Waals surface area contributed by atoms with E-state index in [2.05, 4.69) is 19.1 Å². The summed E-state index contributed by atoms with van der Waals surface area (Å²) >= 11 is 1.76. The van der Waals surface area contributed by atoms with Crippen LogP contribution in [0, 0.1) is 0 Å². The number of thiophene rings is 1. The van der Waals surface area contributed by atoms with Crippen molar-refractivity contribution in [3.63, 3.8) is 0 Å². The van der Waals surface area contributed by atoms with Gasteiger partial charge in [-0.15, -0.1) is 11.3 Å². The maximum atomic E-state index is 10.7. The Morgan fingerprint density at radius 1 is 1.54 bits per heavy atom. The fourth-order valence-corrected chi connectivity index (χ4v) is 2.08. The van der Waals surface area contributed by atoms with E-state index in [9.17, 15) is 4.79 Å². The molecule has 1 rings (SSSR count). The van der Waals surface area contributed by atoms with Gasteiger partial charge in [0.05, 0.1) is 0 Å². The molecule has 1 nitrogen and oxygen atoms in total. The summed E-state index contributed by atoms with van der Waals surface area (Å²) in [6.45, 7) is 3.74. The van der Waals surface area contributed by atoms with Crippen LogP contribution in [-0.4, -0.2) is 5.78 Å². The molecule has 0 spiro atoms. The van der Waals surface area contributed by atoms with Gasteiger partial charge >= 0.3 is 0 Å². The molecule has 0 atom stereocenters. The lowest BCUT2D eigenvalue weighted by Crippen LogP contribution is -1.77. The smallest absolute Gasteiger partial charge is 0.152 e. The van der Waals surface area contributed by atoms with Crippen molar-refractivity contribution in [2.24, 2.45) is 0 Å². The molecule has 13 heavy (non-hydrogen) atoms. The van der Waals surface area contributed by atoms with Crippen LogP contribution in [0.3, 0.4) is 0 Å². The number of carbonyl (C=O) groups is 1. The molecule has 1 aromatic heterocycles. The number of carbonyl (C=O) groups excluding carboxylic acids is 1. The third kappa shape index (κ3) is 3.55. The van der Waals surface area contributed by atoms with E-state index in [4.69, 9.17) is 0 Å². The quantitative estimate of drug-likeness (QED) is 0.672. The average molecular weight is 194 g/mol. The van der Waals surface area contributed by atoms with Gasteiger partial charge in [0.25, 0.3) is 0 Å². The topological polar surface area (TPSA) is 17.1 Å². The van der Waals surface area contributed by atoms with Gasteiger partial charge < -0.3 is 0 Å². The monoisotopic (exact) mass is 194 g/mol. The van der Waals surface area contributed by atoms with E-state index in [1.807, 2.05) is 6.08 Å². The largest absolute Gasteiger partial charge is 0.295 e. The van der Waals surface area contributed by atoms with Crippen molar-refractivity contribution in [3.8, 4) is 0 Å². The molecule has 0 aliphatic rings. The number of aryl methyl sites for hydroxylation is 1. The van der Waals surface area contributed by atoms with E-state index in [0.717, 1.165) is 6.42 Å². The molecule has 1 aromatic rings. The summed E-state index contributed by atoms with van der Waals surface area (Å²) in [5, 5.41) is 0. The van der Waals surface area contributed by atoms with Gasteiger partial charge in [-0.05, 0) is 37.6 Å². The van der Waals surface area contributed by atoms with Crippen LogP contribution in [-0.2, 0) is 11.2 Å². The highest BCUT2D eigenvalue weighted by Gasteiger charge is 1.95. The van der Waals surface area contributed by atoms with Crippen molar-refractivity contribution in [3.05, 3.63) is 28.0 Å². The van der Waals surface area contributed by atoms with Gasteiger partial charge in [0, 0.05) is 9.75 Å². The summed E-state index contributed by atoms with van der Waals surface area (Å²) in [6.07, 6.45) is 5.81. The second kappa shape index (κ2) is 4.97. The van der Waals surface area contributed by atoms with Crippen molar-refractivity contribution < 1.29 is 4.79 Å². The van der Waals surface area contributed by atoms with Crippen LogP contribution in [0.15, 0.2) is 18.2 Å². The van der Waals surface area contributed by atoms with E-state index >= 15 is 0 Å². The van der Waals surface area contributed by atoms with E-state index in [0.29, 0.717) is 0 Å². The predicted octanol–water partition coefficient (Wildman–Crippen LogP) is 3.30. The zero-order valence-corrected chi connectivity index (χ0v) is 8.86. The SMILES string of the molecule is CCCc1ccc(/C=C/C(C)=O)s1. The number of allylic oxidation sites excluding steroid dienone is 1. The molecule has 1 heterocycles.